The van der Waals surface area contributed by atoms with E-state index in [2.05, 4.69) is 10.6 Å². The molecular formula is C33H46ClN3O8. The number of fused-ring (bicyclic) bond motifs is 5. The van der Waals surface area contributed by atoms with E-state index < -0.39 is 53.0 Å². The Morgan fingerprint density at radius 2 is 1.96 bits per heavy atom. The summed E-state index contributed by atoms with van der Waals surface area (Å²) in [5.41, 5.74) is -0.525. The first-order chi connectivity index (χ1) is 21.1. The zero-order valence-corrected chi connectivity index (χ0v) is 28.1. The molecular weight excluding hydrogens is 602 g/mol. The third-order valence-corrected chi connectivity index (χ3v) is 10.2. The van der Waals surface area contributed by atoms with Crippen molar-refractivity contribution in [1.29, 1.82) is 0 Å². The Morgan fingerprint density at radius 1 is 1.24 bits per heavy atom. The molecule has 0 aromatic heterocycles. The number of esters is 1. The molecule has 248 valence electrons. The van der Waals surface area contributed by atoms with E-state index in [1.807, 2.05) is 39.0 Å². The summed E-state index contributed by atoms with van der Waals surface area (Å²) in [6, 6.07) is 3.09. The predicted octanol–water partition coefficient (Wildman–Crippen LogP) is 4.29. The molecule has 0 radical (unpaired) electrons. The number of likely N-dealkylation sites (N-methyl/N-ethyl adjacent to an activating group) is 1. The van der Waals surface area contributed by atoms with Gasteiger partial charge in [-0.3, -0.25) is 14.9 Å². The lowest BCUT2D eigenvalue weighted by atomic mass is 9.82. The van der Waals surface area contributed by atoms with Gasteiger partial charge >= 0.3 is 12.1 Å². The van der Waals surface area contributed by atoms with Crippen LogP contribution < -0.4 is 20.3 Å². The summed E-state index contributed by atoms with van der Waals surface area (Å²) < 4.78 is 22.9. The summed E-state index contributed by atoms with van der Waals surface area (Å²) in [5.74, 6) is -0.344. The first-order valence-corrected chi connectivity index (χ1v) is 15.6. The highest BCUT2D eigenvalue weighted by Crippen LogP contribution is 2.69. The zero-order valence-electron chi connectivity index (χ0n) is 27.4. The summed E-state index contributed by atoms with van der Waals surface area (Å²) in [7, 11) is 6.29. The normalized spacial score (nSPS) is 34.8. The largest absolute Gasteiger partial charge is 0.495 e. The van der Waals surface area contributed by atoms with Gasteiger partial charge in [0.15, 0.2) is 5.72 Å². The van der Waals surface area contributed by atoms with E-state index in [9.17, 15) is 19.5 Å². The number of halogens is 1. The topological polar surface area (TPSA) is 136 Å². The molecule has 12 heteroatoms. The molecule has 3 N–H and O–H groups in total. The maximum absolute atomic E-state index is 13.9. The van der Waals surface area contributed by atoms with Crippen LogP contribution in [0.4, 0.5) is 10.5 Å². The van der Waals surface area contributed by atoms with E-state index in [1.165, 1.54) is 19.1 Å². The summed E-state index contributed by atoms with van der Waals surface area (Å²) in [6.45, 7) is 7.64. The van der Waals surface area contributed by atoms with Gasteiger partial charge in [-0.25, -0.2) is 4.79 Å². The molecule has 4 bridgehead atoms. The van der Waals surface area contributed by atoms with Crippen LogP contribution in [0.3, 0.4) is 0 Å². The smallest absolute Gasteiger partial charge is 0.409 e. The number of rotatable bonds is 5. The molecule has 11 nitrogen and oxygen atoms in total. The maximum atomic E-state index is 13.9. The second-order valence-electron chi connectivity index (χ2n) is 13.1. The predicted molar refractivity (Wildman–Crippen MR) is 170 cm³/mol. The van der Waals surface area contributed by atoms with Crippen LogP contribution in [0.1, 0.15) is 58.9 Å². The van der Waals surface area contributed by atoms with Gasteiger partial charge in [0.05, 0.1) is 19.2 Å². The van der Waals surface area contributed by atoms with Crippen LogP contribution in [0.5, 0.6) is 5.75 Å². The Balaban J connectivity index is 1.80. The van der Waals surface area contributed by atoms with Gasteiger partial charge in [0.25, 0.3) is 0 Å². The zero-order chi connectivity index (χ0) is 33.3. The van der Waals surface area contributed by atoms with Crippen molar-refractivity contribution in [2.45, 2.75) is 89.9 Å². The van der Waals surface area contributed by atoms with Gasteiger partial charge in [0.2, 0.25) is 5.91 Å². The summed E-state index contributed by atoms with van der Waals surface area (Å²) in [4.78, 5) is 41.1. The number of hydrogen-bond acceptors (Lipinski definition) is 9. The monoisotopic (exact) mass is 647 g/mol. The number of methoxy groups -OCH3 is 2. The molecule has 2 aliphatic heterocycles. The number of ether oxygens (including phenoxy) is 4. The standard InChI is InChI=1S/C33H46ClN3O8/c1-19-10-9-11-25(43-8)33(41)17-22(44-30(40)36-33)16-31(3)18-32(31,4)26(45-29(39)20(2)35-5)15-27(38)37(6)23-13-21(12-19)14-24(42-7)28(23)34/h9-11,13-14,20,22,25-26,35,41H,12,15-18H2,1-8H3,(H,36,40)/b11-9+,19-10+/t20-,22+,25+,26-,31+,32-,33-/m0/s1. The van der Waals surface area contributed by atoms with Crippen LogP contribution in [0.25, 0.3) is 0 Å². The number of allylic oxidation sites excluding steroid dienone is 3. The van der Waals surface area contributed by atoms with E-state index in [-0.39, 0.29) is 18.7 Å². The number of alkyl carbamates (subject to hydrolysis) is 1. The van der Waals surface area contributed by atoms with Crippen molar-refractivity contribution < 1.29 is 38.4 Å². The van der Waals surface area contributed by atoms with E-state index >= 15 is 0 Å². The highest BCUT2D eigenvalue weighted by molar-refractivity contribution is 6.35. The first kappa shape index (κ1) is 34.7. The molecule has 4 rings (SSSR count). The van der Waals surface area contributed by atoms with Gasteiger partial charge in [-0.2, -0.15) is 0 Å². The Morgan fingerprint density at radius 3 is 2.60 bits per heavy atom. The second kappa shape index (κ2) is 13.3. The lowest BCUT2D eigenvalue weighted by Gasteiger charge is -2.41. The molecule has 0 spiro atoms. The molecule has 2 fully saturated rings. The lowest BCUT2D eigenvalue weighted by molar-refractivity contribution is -0.157. The molecule has 0 unspecified atom stereocenters. The van der Waals surface area contributed by atoms with Crippen molar-refractivity contribution >= 4 is 35.3 Å². The van der Waals surface area contributed by atoms with Crippen molar-refractivity contribution in [2.24, 2.45) is 10.8 Å². The molecule has 1 aromatic carbocycles. The summed E-state index contributed by atoms with van der Waals surface area (Å²) >= 11 is 6.72. The van der Waals surface area contributed by atoms with Gasteiger partial charge in [-0.15, -0.1) is 0 Å². The Hall–Kier alpha value is -3.12. The van der Waals surface area contributed by atoms with Crippen molar-refractivity contribution in [3.05, 3.63) is 46.5 Å². The Bertz CT molecular complexity index is 1380. The number of benzene rings is 1. The molecule has 1 aliphatic carbocycles. The minimum absolute atomic E-state index is 0.0724. The van der Waals surface area contributed by atoms with Crippen LogP contribution >= 0.6 is 11.6 Å². The number of amides is 2. The highest BCUT2D eigenvalue weighted by atomic mass is 35.5. The SMILES string of the molecule is CN[C@@H](C)C(=O)O[C@H]1CC(=O)N(C)c2cc(cc(OC)c2Cl)C/C(C)=C/C=C/[C@@H](OC)[C@@]2(O)C[C@@H](C[C@]3(C)C[C@@]13C)OC(=O)N2. The van der Waals surface area contributed by atoms with Gasteiger partial charge in [0, 0.05) is 26.0 Å². The molecule has 1 saturated carbocycles. The number of carbonyl (C=O) groups is 3. The second-order valence-corrected chi connectivity index (χ2v) is 13.5. The first-order valence-electron chi connectivity index (χ1n) is 15.2. The van der Waals surface area contributed by atoms with E-state index in [0.29, 0.717) is 35.7 Å². The number of nitrogens with one attached hydrogen (secondary N) is 2. The number of anilines is 1. The number of hydrogen-bond donors (Lipinski definition) is 3. The van der Waals surface area contributed by atoms with Crippen LogP contribution in [-0.2, 0) is 30.2 Å². The fourth-order valence-corrected chi connectivity index (χ4v) is 6.94. The Kier molecular flexibility index (Phi) is 10.3. The van der Waals surface area contributed by atoms with Crippen molar-refractivity contribution in [1.82, 2.24) is 10.6 Å². The lowest BCUT2D eigenvalue weighted by Crippen LogP contribution is -2.62. The average Bonchev–Trinajstić information content (AvgIpc) is 3.53. The molecule has 45 heavy (non-hydrogen) atoms. The van der Waals surface area contributed by atoms with E-state index in [0.717, 1.165) is 11.1 Å². The number of carbonyl (C=O) groups excluding carboxylic acids is 3. The fourth-order valence-electron chi connectivity index (χ4n) is 6.63. The van der Waals surface area contributed by atoms with E-state index in [4.69, 9.17) is 30.5 Å². The Labute approximate surface area is 270 Å². The quantitative estimate of drug-likeness (QED) is 0.400. The fraction of sp³-hybridized carbons (Fsp3) is 0.606. The van der Waals surface area contributed by atoms with Gasteiger partial charge < -0.3 is 34.3 Å². The summed E-state index contributed by atoms with van der Waals surface area (Å²) in [6.07, 6.45) is 3.78. The number of aliphatic hydroxyl groups is 1. The minimum Gasteiger partial charge on any atom is -0.495 e. The van der Waals surface area contributed by atoms with Crippen LogP contribution in [-0.4, -0.2) is 81.5 Å². The summed E-state index contributed by atoms with van der Waals surface area (Å²) in [5, 5.41) is 17.4. The van der Waals surface area contributed by atoms with E-state index in [1.54, 1.807) is 33.2 Å². The average molecular weight is 648 g/mol. The minimum atomic E-state index is -1.72. The third kappa shape index (κ3) is 7.16. The van der Waals surface area contributed by atoms with Crippen molar-refractivity contribution in [3.63, 3.8) is 0 Å². The highest BCUT2D eigenvalue weighted by Gasteiger charge is 2.67. The third-order valence-electron chi connectivity index (χ3n) is 9.85. The molecule has 1 aromatic rings. The number of nitrogens with zero attached hydrogens (tertiary/aromatic N) is 1. The van der Waals surface area contributed by atoms with Crippen molar-refractivity contribution in [2.75, 3.05) is 33.2 Å². The molecule has 1 saturated heterocycles. The van der Waals surface area contributed by atoms with Crippen molar-refractivity contribution in [3.8, 4) is 5.75 Å². The van der Waals surface area contributed by atoms with Crippen LogP contribution in [0, 0.1) is 10.8 Å². The molecule has 2 amide bonds. The molecule has 3 aliphatic rings. The van der Waals surface area contributed by atoms with Gasteiger partial charge in [0.1, 0.15) is 35.1 Å². The maximum Gasteiger partial charge on any atom is 0.409 e. The van der Waals surface area contributed by atoms with Crippen LogP contribution in [0.15, 0.2) is 35.9 Å². The molecule has 7 atom stereocenters. The van der Waals surface area contributed by atoms with Gasteiger partial charge in [-0.1, -0.05) is 49.2 Å². The van der Waals surface area contributed by atoms with Gasteiger partial charge in [-0.05, 0) is 63.3 Å². The molecule has 2 heterocycles. The van der Waals surface area contributed by atoms with Crippen LogP contribution in [0.2, 0.25) is 5.02 Å².